The van der Waals surface area contributed by atoms with E-state index in [0.717, 1.165) is 19.3 Å². The van der Waals surface area contributed by atoms with Gasteiger partial charge in [0.1, 0.15) is 0 Å². The maximum atomic E-state index is 10.7. The number of rotatable bonds is 6. The highest BCUT2D eigenvalue weighted by atomic mass is 16.1. The van der Waals surface area contributed by atoms with Crippen LogP contribution in [0, 0.1) is 6.92 Å². The third kappa shape index (κ3) is 4.23. The first-order chi connectivity index (χ1) is 9.65. The van der Waals surface area contributed by atoms with Crippen molar-refractivity contribution in [2.24, 2.45) is 5.73 Å². The average molecular weight is 267 g/mol. The van der Waals surface area contributed by atoms with E-state index in [0.29, 0.717) is 6.42 Å². The smallest absolute Gasteiger partial charge is 0.217 e. The third-order valence-corrected chi connectivity index (χ3v) is 3.44. The molecule has 0 aliphatic carbocycles. The lowest BCUT2D eigenvalue weighted by Gasteiger charge is -2.05. The van der Waals surface area contributed by atoms with E-state index in [-0.39, 0.29) is 5.91 Å². The number of carbonyl (C=O) groups is 1. The van der Waals surface area contributed by atoms with Gasteiger partial charge in [-0.1, -0.05) is 54.1 Å². The average Bonchev–Trinajstić information content (AvgIpc) is 2.44. The van der Waals surface area contributed by atoms with Gasteiger partial charge in [-0.15, -0.1) is 0 Å². The minimum Gasteiger partial charge on any atom is -0.370 e. The number of primary amides is 1. The number of benzene rings is 2. The van der Waals surface area contributed by atoms with Crippen LogP contribution in [0.2, 0.25) is 0 Å². The molecule has 0 bridgehead atoms. The van der Waals surface area contributed by atoms with E-state index in [2.05, 4.69) is 55.5 Å². The summed E-state index contributed by atoms with van der Waals surface area (Å²) in [5.41, 5.74) is 10.2. The zero-order chi connectivity index (χ0) is 14.4. The zero-order valence-corrected chi connectivity index (χ0v) is 11.9. The van der Waals surface area contributed by atoms with Crippen molar-refractivity contribution in [3.05, 3.63) is 59.7 Å². The highest BCUT2D eigenvalue weighted by molar-refractivity contribution is 5.73. The summed E-state index contributed by atoms with van der Waals surface area (Å²) < 4.78 is 0. The molecule has 2 nitrogen and oxygen atoms in total. The maximum Gasteiger partial charge on any atom is 0.217 e. The minimum atomic E-state index is -0.209. The molecule has 0 radical (unpaired) electrons. The highest BCUT2D eigenvalue weighted by Crippen LogP contribution is 2.21. The Morgan fingerprint density at radius 3 is 2.40 bits per heavy atom. The lowest BCUT2D eigenvalue weighted by Crippen LogP contribution is -2.09. The second kappa shape index (κ2) is 6.90. The fourth-order valence-electron chi connectivity index (χ4n) is 2.32. The second-order valence-electron chi connectivity index (χ2n) is 5.24. The van der Waals surface area contributed by atoms with Crippen LogP contribution in [0.25, 0.3) is 11.1 Å². The van der Waals surface area contributed by atoms with Crippen LogP contribution in [-0.2, 0) is 11.2 Å². The molecule has 104 valence electrons. The van der Waals surface area contributed by atoms with Gasteiger partial charge in [-0.25, -0.2) is 0 Å². The Morgan fingerprint density at radius 2 is 1.75 bits per heavy atom. The van der Waals surface area contributed by atoms with E-state index in [9.17, 15) is 4.79 Å². The molecule has 0 spiro atoms. The van der Waals surface area contributed by atoms with Gasteiger partial charge in [-0.2, -0.15) is 0 Å². The van der Waals surface area contributed by atoms with Crippen LogP contribution in [0.1, 0.15) is 30.4 Å². The molecule has 0 atom stereocenters. The molecule has 2 heteroatoms. The molecule has 0 aliphatic heterocycles. The number of aryl methyl sites for hydroxylation is 2. The van der Waals surface area contributed by atoms with Crippen molar-refractivity contribution >= 4 is 5.91 Å². The van der Waals surface area contributed by atoms with Gasteiger partial charge in [0.2, 0.25) is 5.91 Å². The van der Waals surface area contributed by atoms with Crippen LogP contribution in [0.5, 0.6) is 0 Å². The summed E-state index contributed by atoms with van der Waals surface area (Å²) in [7, 11) is 0. The Bertz CT molecular complexity index is 572. The van der Waals surface area contributed by atoms with Crippen LogP contribution in [0.3, 0.4) is 0 Å². The van der Waals surface area contributed by atoms with Gasteiger partial charge in [-0.05, 0) is 42.9 Å². The minimum absolute atomic E-state index is 0.209. The van der Waals surface area contributed by atoms with Gasteiger partial charge >= 0.3 is 0 Å². The molecule has 2 aromatic carbocycles. The highest BCUT2D eigenvalue weighted by Gasteiger charge is 2.00. The summed E-state index contributed by atoms with van der Waals surface area (Å²) in [6.45, 7) is 2.11. The first-order valence-electron chi connectivity index (χ1n) is 7.09. The monoisotopic (exact) mass is 267 g/mol. The molecule has 20 heavy (non-hydrogen) atoms. The summed E-state index contributed by atoms with van der Waals surface area (Å²) in [4.78, 5) is 10.7. The van der Waals surface area contributed by atoms with Crippen molar-refractivity contribution in [2.45, 2.75) is 32.6 Å². The van der Waals surface area contributed by atoms with Crippen molar-refractivity contribution < 1.29 is 4.79 Å². The SMILES string of the molecule is Cc1cccc(-c2ccc(CCCCC(N)=O)cc2)c1. The van der Waals surface area contributed by atoms with Crippen molar-refractivity contribution in [3.8, 4) is 11.1 Å². The largest absolute Gasteiger partial charge is 0.370 e. The van der Waals surface area contributed by atoms with Crippen LogP contribution < -0.4 is 5.73 Å². The molecule has 0 unspecified atom stereocenters. The molecule has 0 saturated carbocycles. The summed E-state index contributed by atoms with van der Waals surface area (Å²) in [6, 6.07) is 17.2. The Kier molecular flexibility index (Phi) is 4.94. The summed E-state index contributed by atoms with van der Waals surface area (Å²) in [5.74, 6) is -0.209. The third-order valence-electron chi connectivity index (χ3n) is 3.44. The van der Waals surface area contributed by atoms with Crippen molar-refractivity contribution in [2.75, 3.05) is 0 Å². The molecule has 0 aliphatic rings. The normalized spacial score (nSPS) is 10.4. The number of amides is 1. The molecule has 0 aromatic heterocycles. The lowest BCUT2D eigenvalue weighted by atomic mass is 10.0. The first kappa shape index (κ1) is 14.3. The van der Waals surface area contributed by atoms with Crippen LogP contribution in [0.4, 0.5) is 0 Å². The van der Waals surface area contributed by atoms with Crippen LogP contribution in [0.15, 0.2) is 48.5 Å². The quantitative estimate of drug-likeness (QED) is 0.793. The number of carbonyl (C=O) groups excluding carboxylic acids is 1. The molecule has 2 N–H and O–H groups in total. The van der Waals surface area contributed by atoms with Gasteiger partial charge in [0.25, 0.3) is 0 Å². The Balaban J connectivity index is 1.94. The Labute approximate surface area is 120 Å². The fraction of sp³-hybridized carbons (Fsp3) is 0.278. The molecule has 1 amide bonds. The van der Waals surface area contributed by atoms with Crippen molar-refractivity contribution in [1.29, 1.82) is 0 Å². The zero-order valence-electron chi connectivity index (χ0n) is 11.9. The summed E-state index contributed by atoms with van der Waals surface area (Å²) >= 11 is 0. The number of hydrogen-bond donors (Lipinski definition) is 1. The van der Waals surface area contributed by atoms with Crippen molar-refractivity contribution in [3.63, 3.8) is 0 Å². The number of nitrogens with two attached hydrogens (primary N) is 1. The van der Waals surface area contributed by atoms with E-state index in [1.807, 2.05) is 0 Å². The van der Waals surface area contributed by atoms with Crippen LogP contribution in [-0.4, -0.2) is 5.91 Å². The van der Waals surface area contributed by atoms with E-state index in [4.69, 9.17) is 5.73 Å². The van der Waals surface area contributed by atoms with Gasteiger partial charge in [0.05, 0.1) is 0 Å². The topological polar surface area (TPSA) is 43.1 Å². The molecular weight excluding hydrogens is 246 g/mol. The second-order valence-corrected chi connectivity index (χ2v) is 5.24. The standard InChI is InChI=1S/C18H21NO/c1-14-5-4-7-17(13-14)16-11-9-15(10-12-16)6-2-3-8-18(19)20/h4-5,7,9-13H,2-3,6,8H2,1H3,(H2,19,20). The molecule has 2 aromatic rings. The van der Waals surface area contributed by atoms with E-state index in [1.165, 1.54) is 22.3 Å². The summed E-state index contributed by atoms with van der Waals surface area (Å²) in [6.07, 6.45) is 3.37. The van der Waals surface area contributed by atoms with Gasteiger partial charge < -0.3 is 5.73 Å². The first-order valence-corrected chi connectivity index (χ1v) is 7.09. The van der Waals surface area contributed by atoms with E-state index < -0.39 is 0 Å². The molecule has 0 heterocycles. The predicted molar refractivity (Wildman–Crippen MR) is 83.4 cm³/mol. The maximum absolute atomic E-state index is 10.7. The van der Waals surface area contributed by atoms with Gasteiger partial charge in [0, 0.05) is 6.42 Å². The molecule has 2 rings (SSSR count). The molecule has 0 fully saturated rings. The number of unbranched alkanes of at least 4 members (excludes halogenated alkanes) is 1. The van der Waals surface area contributed by atoms with Gasteiger partial charge in [0.15, 0.2) is 0 Å². The predicted octanol–water partition coefficient (Wildman–Crippen LogP) is 3.86. The Hall–Kier alpha value is -2.09. The fourth-order valence-corrected chi connectivity index (χ4v) is 2.32. The van der Waals surface area contributed by atoms with Crippen molar-refractivity contribution in [1.82, 2.24) is 0 Å². The molecular formula is C18H21NO. The Morgan fingerprint density at radius 1 is 1.00 bits per heavy atom. The lowest BCUT2D eigenvalue weighted by molar-refractivity contribution is -0.118. The van der Waals surface area contributed by atoms with E-state index in [1.54, 1.807) is 0 Å². The number of hydrogen-bond acceptors (Lipinski definition) is 1. The summed E-state index contributed by atoms with van der Waals surface area (Å²) in [5, 5.41) is 0. The van der Waals surface area contributed by atoms with E-state index >= 15 is 0 Å². The molecule has 0 saturated heterocycles. The van der Waals surface area contributed by atoms with Gasteiger partial charge in [-0.3, -0.25) is 4.79 Å². The van der Waals surface area contributed by atoms with Crippen LogP contribution >= 0.6 is 0 Å².